The second-order valence-electron chi connectivity index (χ2n) is 6.78. The van der Waals surface area contributed by atoms with E-state index in [2.05, 4.69) is 20.9 Å². The Hall–Kier alpha value is -0.710. The van der Waals surface area contributed by atoms with Gasteiger partial charge in [-0.2, -0.15) is 0 Å². The third kappa shape index (κ3) is 4.80. The highest BCUT2D eigenvalue weighted by Crippen LogP contribution is 2.41. The molecule has 2 aromatic rings. The molecule has 6 atom stereocenters. The first-order valence-corrected chi connectivity index (χ1v) is 11.4. The summed E-state index contributed by atoms with van der Waals surface area (Å²) in [6.07, 6.45) is 0.149. The van der Waals surface area contributed by atoms with Gasteiger partial charge < -0.3 is 24.7 Å². The van der Waals surface area contributed by atoms with Crippen LogP contribution in [0.2, 0.25) is 5.02 Å². The van der Waals surface area contributed by atoms with E-state index in [-0.39, 0.29) is 29.8 Å². The number of rotatable bonds is 5. The third-order valence-corrected chi connectivity index (χ3v) is 7.12. The van der Waals surface area contributed by atoms with E-state index in [1.807, 2.05) is 43.3 Å². The van der Waals surface area contributed by atoms with Gasteiger partial charge in [-0.25, -0.2) is 4.98 Å². The summed E-state index contributed by atoms with van der Waals surface area (Å²) < 4.78 is 25.1. The van der Waals surface area contributed by atoms with E-state index in [9.17, 15) is 0 Å². The highest BCUT2D eigenvalue weighted by atomic mass is 79.9. The van der Waals surface area contributed by atoms with Crippen LogP contribution in [0.25, 0.3) is 0 Å². The van der Waals surface area contributed by atoms with E-state index in [0.717, 1.165) is 10.5 Å². The maximum atomic E-state index is 6.62. The summed E-state index contributed by atoms with van der Waals surface area (Å²) in [5.41, 5.74) is 7.23. The average molecular weight is 502 g/mol. The molecule has 6 nitrogen and oxygen atoms in total. The van der Waals surface area contributed by atoms with Crippen molar-refractivity contribution in [1.29, 1.82) is 0 Å². The second kappa shape index (κ2) is 9.62. The van der Waals surface area contributed by atoms with Crippen molar-refractivity contribution in [2.45, 2.75) is 47.9 Å². The number of fused-ring (bicyclic) bond motifs is 1. The third-order valence-electron chi connectivity index (χ3n) is 4.84. The molecule has 0 aliphatic carbocycles. The summed E-state index contributed by atoms with van der Waals surface area (Å²) in [5, 5.41) is 0.552. The van der Waals surface area contributed by atoms with E-state index >= 15 is 0 Å². The normalized spacial score (nSPS) is 32.0. The minimum Gasteiger partial charge on any atom is -0.373 e. The zero-order valence-electron chi connectivity index (χ0n) is 15.7. The van der Waals surface area contributed by atoms with Crippen LogP contribution in [0.1, 0.15) is 18.8 Å². The fourth-order valence-electron chi connectivity index (χ4n) is 3.49. The van der Waals surface area contributed by atoms with Crippen molar-refractivity contribution in [2.75, 3.05) is 13.2 Å². The molecule has 2 N–H and O–H groups in total. The molecule has 3 heterocycles. The number of hydrogen-bond donors (Lipinski definition) is 1. The molecule has 4 rings (SSSR count). The molecule has 0 amide bonds. The van der Waals surface area contributed by atoms with Gasteiger partial charge in [0, 0.05) is 23.3 Å². The van der Waals surface area contributed by atoms with E-state index in [1.54, 1.807) is 6.20 Å². The highest BCUT2D eigenvalue weighted by molar-refractivity contribution is 9.10. The van der Waals surface area contributed by atoms with Crippen LogP contribution in [0.4, 0.5) is 0 Å². The smallest absolute Gasteiger partial charge is 0.184 e. The van der Waals surface area contributed by atoms with Gasteiger partial charge in [-0.05, 0) is 28.9 Å². The molecule has 0 saturated carbocycles. The highest BCUT2D eigenvalue weighted by Gasteiger charge is 2.49. The molecule has 156 valence electrons. The van der Waals surface area contributed by atoms with Gasteiger partial charge in [-0.3, -0.25) is 0 Å². The van der Waals surface area contributed by atoms with Crippen molar-refractivity contribution < 1.29 is 18.9 Å². The average Bonchev–Trinajstić information content (AvgIpc) is 2.74. The molecule has 2 saturated heterocycles. The number of aromatic nitrogens is 1. The maximum absolute atomic E-state index is 6.62. The Balaban J connectivity index is 1.53. The van der Waals surface area contributed by atoms with E-state index in [1.165, 1.54) is 11.8 Å². The first kappa shape index (κ1) is 21.5. The van der Waals surface area contributed by atoms with Crippen LogP contribution in [-0.2, 0) is 18.9 Å². The molecule has 2 aliphatic rings. The number of nitrogens with zero attached hydrogens (tertiary/aromatic N) is 1. The Labute approximate surface area is 187 Å². The lowest BCUT2D eigenvalue weighted by Gasteiger charge is -2.48. The minimum atomic E-state index is -0.468. The summed E-state index contributed by atoms with van der Waals surface area (Å²) >= 11 is 11.1. The first-order chi connectivity index (χ1) is 14.1. The van der Waals surface area contributed by atoms with Crippen molar-refractivity contribution in [2.24, 2.45) is 5.73 Å². The van der Waals surface area contributed by atoms with Gasteiger partial charge in [-0.15, -0.1) is 0 Å². The number of benzene rings is 1. The lowest BCUT2D eigenvalue weighted by atomic mass is 9.96. The van der Waals surface area contributed by atoms with Gasteiger partial charge in [0.05, 0.1) is 17.7 Å². The quantitative estimate of drug-likeness (QED) is 0.617. The van der Waals surface area contributed by atoms with E-state index in [0.29, 0.717) is 22.8 Å². The van der Waals surface area contributed by atoms with Gasteiger partial charge in [0.25, 0.3) is 0 Å². The maximum Gasteiger partial charge on any atom is 0.184 e. The monoisotopic (exact) mass is 500 g/mol. The molecule has 1 aromatic carbocycles. The molecule has 0 radical (unpaired) electrons. The topological polar surface area (TPSA) is 75.8 Å². The molecule has 1 aromatic heterocycles. The largest absolute Gasteiger partial charge is 0.373 e. The Kier molecular flexibility index (Phi) is 7.14. The summed E-state index contributed by atoms with van der Waals surface area (Å²) in [5.74, 6) is 0. The summed E-state index contributed by atoms with van der Waals surface area (Å²) in [4.78, 5) is 5.11. The van der Waals surface area contributed by atoms with Gasteiger partial charge >= 0.3 is 0 Å². The number of ether oxygens (including phenoxy) is 4. The van der Waals surface area contributed by atoms with Crippen molar-refractivity contribution in [1.82, 2.24) is 4.98 Å². The van der Waals surface area contributed by atoms with Gasteiger partial charge in [0.15, 0.2) is 6.29 Å². The number of pyridine rings is 1. The predicted octanol–water partition coefficient (Wildman–Crippen LogP) is 4.16. The Bertz CT molecular complexity index is 833. The molecule has 9 heteroatoms. The van der Waals surface area contributed by atoms with Crippen LogP contribution < -0.4 is 5.73 Å². The Morgan fingerprint density at radius 2 is 2.10 bits per heavy atom. The summed E-state index contributed by atoms with van der Waals surface area (Å²) in [6.45, 7) is 2.85. The van der Waals surface area contributed by atoms with Crippen LogP contribution in [0.15, 0.2) is 52.1 Å². The standard InChI is InChI=1S/C20H22BrClN2O4S/c1-2-25-17-15(23)16-13(10-26-19(28-16)11-6-4-3-5-7-11)27-20(17)29-14-8-12(22)9-24-18(14)21/h3-9,13,15-17,19-20H,2,10,23H2,1H3. The fourth-order valence-corrected chi connectivity index (χ4v) is 5.40. The Morgan fingerprint density at radius 1 is 1.31 bits per heavy atom. The number of halogens is 2. The molecule has 0 spiro atoms. The van der Waals surface area contributed by atoms with Crippen LogP contribution in [0.5, 0.6) is 0 Å². The van der Waals surface area contributed by atoms with Crippen molar-refractivity contribution in [3.8, 4) is 0 Å². The van der Waals surface area contributed by atoms with Crippen molar-refractivity contribution in [3.05, 3.63) is 57.8 Å². The Morgan fingerprint density at radius 3 is 2.86 bits per heavy atom. The zero-order chi connectivity index (χ0) is 20.4. The molecular formula is C20H22BrClN2O4S. The van der Waals surface area contributed by atoms with E-state index < -0.39 is 6.29 Å². The summed E-state index contributed by atoms with van der Waals surface area (Å²) in [6, 6.07) is 11.3. The molecule has 6 unspecified atom stereocenters. The molecule has 2 fully saturated rings. The lowest BCUT2D eigenvalue weighted by Crippen LogP contribution is -2.64. The second-order valence-corrected chi connectivity index (χ2v) is 9.10. The molecule has 0 bridgehead atoms. The predicted molar refractivity (Wildman–Crippen MR) is 115 cm³/mol. The minimum absolute atomic E-state index is 0.287. The van der Waals surface area contributed by atoms with Crippen molar-refractivity contribution >= 4 is 39.3 Å². The first-order valence-electron chi connectivity index (χ1n) is 9.39. The molecular weight excluding hydrogens is 480 g/mol. The van der Waals surface area contributed by atoms with Gasteiger partial charge in [0.2, 0.25) is 0 Å². The molecule has 2 aliphatic heterocycles. The molecule has 29 heavy (non-hydrogen) atoms. The number of nitrogens with two attached hydrogens (primary N) is 1. The lowest BCUT2D eigenvalue weighted by molar-refractivity contribution is -0.300. The fraction of sp³-hybridized carbons (Fsp3) is 0.450. The summed E-state index contributed by atoms with van der Waals surface area (Å²) in [7, 11) is 0. The number of thioether (sulfide) groups is 1. The SMILES string of the molecule is CCOC1C(Sc2cc(Cl)cnc2Br)OC2COC(c3ccccc3)OC2C1N. The van der Waals surface area contributed by atoms with Crippen LogP contribution >= 0.6 is 39.3 Å². The van der Waals surface area contributed by atoms with Crippen molar-refractivity contribution in [3.63, 3.8) is 0 Å². The van der Waals surface area contributed by atoms with Crippen LogP contribution in [0, 0.1) is 0 Å². The van der Waals surface area contributed by atoms with Crippen LogP contribution in [0.3, 0.4) is 0 Å². The van der Waals surface area contributed by atoms with Gasteiger partial charge in [0.1, 0.15) is 28.4 Å². The van der Waals surface area contributed by atoms with Crippen LogP contribution in [-0.4, -0.2) is 48.0 Å². The number of hydrogen-bond acceptors (Lipinski definition) is 7. The zero-order valence-corrected chi connectivity index (χ0v) is 18.9. The van der Waals surface area contributed by atoms with Gasteiger partial charge in [-0.1, -0.05) is 53.7 Å². The van der Waals surface area contributed by atoms with E-state index in [4.69, 9.17) is 36.3 Å².